The highest BCUT2D eigenvalue weighted by Gasteiger charge is 2.35. The van der Waals surface area contributed by atoms with Gasteiger partial charge in [0.05, 0.1) is 0 Å². The van der Waals surface area contributed by atoms with Crippen LogP contribution in [0.4, 0.5) is 0 Å². The summed E-state index contributed by atoms with van der Waals surface area (Å²) >= 11 is 0. The summed E-state index contributed by atoms with van der Waals surface area (Å²) in [7, 11) is 2.16. The van der Waals surface area contributed by atoms with Crippen molar-refractivity contribution < 1.29 is 9.90 Å². The average molecular weight is 317 g/mol. The Labute approximate surface area is 138 Å². The first-order chi connectivity index (χ1) is 11.1. The lowest BCUT2D eigenvalue weighted by Crippen LogP contribution is -2.59. The van der Waals surface area contributed by atoms with Crippen molar-refractivity contribution >= 4 is 5.97 Å². The van der Waals surface area contributed by atoms with Crippen LogP contribution in [0.2, 0.25) is 0 Å². The fourth-order valence-corrected chi connectivity index (χ4v) is 3.77. The molecule has 1 aromatic carbocycles. The molecule has 3 rings (SSSR count). The Balaban J connectivity index is 1.63. The molecule has 0 amide bonds. The molecular weight excluding hydrogens is 290 g/mol. The number of hydrogen-bond acceptors (Lipinski definition) is 4. The molecule has 2 fully saturated rings. The monoisotopic (exact) mass is 317 g/mol. The molecule has 0 radical (unpaired) electrons. The molecule has 5 heteroatoms. The molecule has 1 atom stereocenters. The van der Waals surface area contributed by atoms with Crippen LogP contribution in [0.1, 0.15) is 18.4 Å². The van der Waals surface area contributed by atoms with Crippen LogP contribution >= 0.6 is 0 Å². The minimum absolute atomic E-state index is 0.399. The molecule has 1 unspecified atom stereocenters. The fraction of sp³-hybridized carbons (Fsp3) is 0.611. The normalized spacial score (nSPS) is 25.5. The highest BCUT2D eigenvalue weighted by Crippen LogP contribution is 2.21. The number of likely N-dealkylation sites (tertiary alicyclic amines) is 1. The van der Waals surface area contributed by atoms with Crippen molar-refractivity contribution in [2.75, 3.05) is 39.8 Å². The Hall–Kier alpha value is -1.43. The number of rotatable bonds is 4. The molecular formula is C18H27N3O2. The summed E-state index contributed by atoms with van der Waals surface area (Å²) in [5, 5.41) is 9.67. The van der Waals surface area contributed by atoms with Crippen molar-refractivity contribution in [3.05, 3.63) is 35.9 Å². The van der Waals surface area contributed by atoms with Gasteiger partial charge in [0.25, 0.3) is 0 Å². The van der Waals surface area contributed by atoms with E-state index in [1.807, 2.05) is 18.2 Å². The molecule has 2 aliphatic rings. The van der Waals surface area contributed by atoms with Crippen LogP contribution in [0, 0.1) is 0 Å². The number of piperidine rings is 1. The van der Waals surface area contributed by atoms with Crippen LogP contribution in [0.25, 0.3) is 0 Å². The van der Waals surface area contributed by atoms with Crippen LogP contribution in [-0.2, 0) is 11.3 Å². The number of carbonyl (C=O) groups is 1. The van der Waals surface area contributed by atoms with E-state index < -0.39 is 12.0 Å². The number of carboxylic acids is 1. The zero-order chi connectivity index (χ0) is 16.2. The zero-order valence-electron chi connectivity index (χ0n) is 13.9. The van der Waals surface area contributed by atoms with Crippen molar-refractivity contribution in [3.8, 4) is 0 Å². The summed E-state index contributed by atoms with van der Waals surface area (Å²) in [4.78, 5) is 18.6. The Kier molecular flexibility index (Phi) is 5.30. The molecule has 5 nitrogen and oxygen atoms in total. The lowest BCUT2D eigenvalue weighted by molar-refractivity contribution is -0.147. The Morgan fingerprint density at radius 3 is 2.48 bits per heavy atom. The van der Waals surface area contributed by atoms with E-state index in [1.165, 1.54) is 5.56 Å². The average Bonchev–Trinajstić information content (AvgIpc) is 2.57. The smallest absolute Gasteiger partial charge is 0.322 e. The molecule has 2 saturated heterocycles. The van der Waals surface area contributed by atoms with Crippen molar-refractivity contribution in [3.63, 3.8) is 0 Å². The van der Waals surface area contributed by atoms with Crippen molar-refractivity contribution in [1.29, 1.82) is 0 Å². The molecule has 0 aliphatic carbocycles. The number of carboxylic acid groups (broad SMARTS) is 1. The quantitative estimate of drug-likeness (QED) is 0.908. The van der Waals surface area contributed by atoms with Crippen LogP contribution in [0.15, 0.2) is 30.3 Å². The maximum atomic E-state index is 11.8. The Morgan fingerprint density at radius 1 is 1.13 bits per heavy atom. The van der Waals surface area contributed by atoms with Gasteiger partial charge in [-0.2, -0.15) is 0 Å². The summed E-state index contributed by atoms with van der Waals surface area (Å²) in [6.07, 6.45) is 2.31. The summed E-state index contributed by atoms with van der Waals surface area (Å²) in [6.45, 7) is 5.41. The maximum Gasteiger partial charge on any atom is 0.322 e. The van der Waals surface area contributed by atoms with Gasteiger partial charge in [0.1, 0.15) is 6.04 Å². The number of piperazine rings is 1. The second-order valence-electron chi connectivity index (χ2n) is 6.84. The van der Waals surface area contributed by atoms with E-state index in [0.717, 1.165) is 45.6 Å². The van der Waals surface area contributed by atoms with E-state index in [2.05, 4.69) is 33.9 Å². The highest BCUT2D eigenvalue weighted by atomic mass is 16.4. The van der Waals surface area contributed by atoms with Gasteiger partial charge in [-0.05, 0) is 38.5 Å². The van der Waals surface area contributed by atoms with Gasteiger partial charge in [-0.3, -0.25) is 14.6 Å². The summed E-state index contributed by atoms with van der Waals surface area (Å²) < 4.78 is 0. The van der Waals surface area contributed by atoms with Crippen LogP contribution in [-0.4, -0.2) is 77.6 Å². The third-order valence-electron chi connectivity index (χ3n) is 5.24. The highest BCUT2D eigenvalue weighted by molar-refractivity contribution is 5.74. The molecule has 1 N–H and O–H groups in total. The third-order valence-corrected chi connectivity index (χ3v) is 5.24. The van der Waals surface area contributed by atoms with E-state index in [9.17, 15) is 9.90 Å². The minimum Gasteiger partial charge on any atom is -0.480 e. The largest absolute Gasteiger partial charge is 0.480 e. The summed E-state index contributed by atoms with van der Waals surface area (Å²) in [5.74, 6) is -0.696. The number of hydrogen-bond donors (Lipinski definition) is 1. The van der Waals surface area contributed by atoms with Gasteiger partial charge in [-0.15, -0.1) is 0 Å². The van der Waals surface area contributed by atoms with Crippen molar-refractivity contribution in [1.82, 2.24) is 14.7 Å². The first-order valence-electron chi connectivity index (χ1n) is 8.57. The molecule has 2 heterocycles. The maximum absolute atomic E-state index is 11.8. The summed E-state index contributed by atoms with van der Waals surface area (Å²) in [5.41, 5.74) is 1.19. The minimum atomic E-state index is -0.696. The lowest BCUT2D eigenvalue weighted by Gasteiger charge is -2.44. The van der Waals surface area contributed by atoms with E-state index in [1.54, 1.807) is 0 Å². The van der Waals surface area contributed by atoms with E-state index in [0.29, 0.717) is 12.6 Å². The third kappa shape index (κ3) is 4.10. The summed E-state index contributed by atoms with van der Waals surface area (Å²) in [6, 6.07) is 10.3. The predicted octanol–water partition coefficient (Wildman–Crippen LogP) is 1.35. The first kappa shape index (κ1) is 16.4. The van der Waals surface area contributed by atoms with E-state index in [4.69, 9.17) is 0 Å². The lowest BCUT2D eigenvalue weighted by atomic mass is 10.0. The molecule has 2 aliphatic heterocycles. The van der Waals surface area contributed by atoms with Gasteiger partial charge < -0.3 is 10.0 Å². The topological polar surface area (TPSA) is 47.0 Å². The number of benzene rings is 1. The number of nitrogens with zero attached hydrogens (tertiary/aromatic N) is 3. The van der Waals surface area contributed by atoms with Gasteiger partial charge in [0.2, 0.25) is 0 Å². The van der Waals surface area contributed by atoms with Gasteiger partial charge in [0, 0.05) is 32.2 Å². The zero-order valence-corrected chi connectivity index (χ0v) is 13.9. The van der Waals surface area contributed by atoms with Crippen molar-refractivity contribution in [2.45, 2.75) is 31.5 Å². The van der Waals surface area contributed by atoms with Gasteiger partial charge >= 0.3 is 5.97 Å². The molecule has 0 saturated carbocycles. The van der Waals surface area contributed by atoms with Gasteiger partial charge in [-0.1, -0.05) is 30.3 Å². The van der Waals surface area contributed by atoms with E-state index >= 15 is 0 Å². The Morgan fingerprint density at radius 2 is 1.83 bits per heavy atom. The standard InChI is InChI=1S/C18H27N3O2/c1-19-9-7-16(8-10-19)20-11-12-21(17(14-20)18(22)23)13-15-5-3-2-4-6-15/h2-6,16-17H,7-14H2,1H3,(H,22,23). The molecule has 23 heavy (non-hydrogen) atoms. The van der Waals surface area contributed by atoms with E-state index in [-0.39, 0.29) is 0 Å². The molecule has 0 aromatic heterocycles. The van der Waals surface area contributed by atoms with Crippen molar-refractivity contribution in [2.24, 2.45) is 0 Å². The molecule has 0 spiro atoms. The first-order valence-corrected chi connectivity index (χ1v) is 8.57. The van der Waals surface area contributed by atoms with Crippen LogP contribution < -0.4 is 0 Å². The molecule has 126 valence electrons. The fourth-order valence-electron chi connectivity index (χ4n) is 3.77. The molecule has 0 bridgehead atoms. The van der Waals surface area contributed by atoms with Gasteiger partial charge in [0.15, 0.2) is 0 Å². The van der Waals surface area contributed by atoms with Crippen LogP contribution in [0.3, 0.4) is 0 Å². The molecule has 1 aromatic rings. The number of aliphatic carboxylic acids is 1. The van der Waals surface area contributed by atoms with Crippen LogP contribution in [0.5, 0.6) is 0 Å². The second kappa shape index (κ2) is 7.43. The predicted molar refractivity (Wildman–Crippen MR) is 90.4 cm³/mol. The SMILES string of the molecule is CN1CCC(N2CCN(Cc3ccccc3)C(C(=O)O)C2)CC1. The Bertz CT molecular complexity index is 514. The van der Waals surface area contributed by atoms with Gasteiger partial charge in [-0.25, -0.2) is 0 Å². The second-order valence-corrected chi connectivity index (χ2v) is 6.84.